The van der Waals surface area contributed by atoms with Gasteiger partial charge in [0.1, 0.15) is 5.82 Å². The predicted octanol–water partition coefficient (Wildman–Crippen LogP) is 3.44. The molecule has 1 atom stereocenters. The maximum absolute atomic E-state index is 12.9. The topological polar surface area (TPSA) is 82.6 Å². The molecule has 3 heterocycles. The highest BCUT2D eigenvalue weighted by atomic mass is 32.2. The number of aryl methyl sites for hydroxylation is 1. The van der Waals surface area contributed by atoms with E-state index in [1.165, 1.54) is 0 Å². The van der Waals surface area contributed by atoms with Crippen LogP contribution in [0.25, 0.3) is 10.9 Å². The van der Waals surface area contributed by atoms with Crippen molar-refractivity contribution in [1.29, 1.82) is 0 Å². The highest BCUT2D eigenvalue weighted by molar-refractivity contribution is 7.91. The first-order valence-corrected chi connectivity index (χ1v) is 13.3. The Kier molecular flexibility index (Phi) is 5.51. The van der Waals surface area contributed by atoms with Gasteiger partial charge in [0, 0.05) is 50.2 Å². The van der Waals surface area contributed by atoms with Gasteiger partial charge in [-0.15, -0.1) is 0 Å². The molecule has 2 aliphatic rings. The Morgan fingerprint density at radius 1 is 1.09 bits per heavy atom. The third kappa shape index (κ3) is 4.22. The van der Waals surface area contributed by atoms with Crippen molar-refractivity contribution in [3.8, 4) is 0 Å². The smallest absolute Gasteiger partial charge is 0.217 e. The Labute approximate surface area is 200 Å². The van der Waals surface area contributed by atoms with Crippen LogP contribution >= 0.6 is 0 Å². The molecule has 1 aromatic heterocycles. The molecule has 0 bridgehead atoms. The third-order valence-electron chi connectivity index (χ3n) is 6.84. The number of pyridine rings is 1. The van der Waals surface area contributed by atoms with Crippen molar-refractivity contribution in [3.05, 3.63) is 59.7 Å². The average Bonchev–Trinajstić information content (AvgIpc) is 3.10. The van der Waals surface area contributed by atoms with Crippen LogP contribution in [0, 0.1) is 6.92 Å². The van der Waals surface area contributed by atoms with E-state index in [9.17, 15) is 13.2 Å². The summed E-state index contributed by atoms with van der Waals surface area (Å²) in [5, 5.41) is 4.18. The molecule has 178 valence electrons. The summed E-state index contributed by atoms with van der Waals surface area (Å²) in [5.41, 5.74) is 3.61. The van der Waals surface area contributed by atoms with E-state index in [1.807, 2.05) is 18.2 Å². The Balaban J connectivity index is 1.58. The summed E-state index contributed by atoms with van der Waals surface area (Å²) >= 11 is 0. The third-order valence-corrected chi connectivity index (χ3v) is 8.63. The van der Waals surface area contributed by atoms with E-state index in [4.69, 9.17) is 4.98 Å². The molecule has 0 aliphatic carbocycles. The number of hydrogen-bond acceptors (Lipinski definition) is 6. The van der Waals surface area contributed by atoms with Crippen LogP contribution in [0.4, 0.5) is 11.5 Å². The SMILES string of the molecule is CC(=O)NC1(C)CCN(c2cc(N3CCS(=O)(=O)c4ccccc4C3)nc3ccc(C)cc23)C1. The molecule has 0 radical (unpaired) electrons. The minimum Gasteiger partial charge on any atom is -0.368 e. The summed E-state index contributed by atoms with van der Waals surface area (Å²) < 4.78 is 25.7. The Morgan fingerprint density at radius 2 is 1.88 bits per heavy atom. The van der Waals surface area contributed by atoms with Gasteiger partial charge in [0.05, 0.1) is 21.7 Å². The van der Waals surface area contributed by atoms with E-state index >= 15 is 0 Å². The number of anilines is 2. The molecule has 2 aliphatic heterocycles. The molecule has 1 saturated heterocycles. The van der Waals surface area contributed by atoms with Crippen LogP contribution in [0.1, 0.15) is 31.4 Å². The fourth-order valence-corrected chi connectivity index (χ4v) is 6.68. The van der Waals surface area contributed by atoms with E-state index < -0.39 is 9.84 Å². The molecule has 1 fully saturated rings. The lowest BCUT2D eigenvalue weighted by atomic mass is 10.0. The highest BCUT2D eigenvalue weighted by Crippen LogP contribution is 2.36. The monoisotopic (exact) mass is 478 g/mol. The molecule has 7 nitrogen and oxygen atoms in total. The second kappa shape index (κ2) is 8.27. The van der Waals surface area contributed by atoms with E-state index in [1.54, 1.807) is 19.1 Å². The number of hydrogen-bond donors (Lipinski definition) is 1. The number of sulfone groups is 1. The van der Waals surface area contributed by atoms with E-state index in [2.05, 4.69) is 47.2 Å². The lowest BCUT2D eigenvalue weighted by Gasteiger charge is -2.28. The number of nitrogens with one attached hydrogen (secondary N) is 1. The van der Waals surface area contributed by atoms with Crippen molar-refractivity contribution in [3.63, 3.8) is 0 Å². The Morgan fingerprint density at radius 3 is 2.68 bits per heavy atom. The lowest BCUT2D eigenvalue weighted by Crippen LogP contribution is -2.47. The quantitative estimate of drug-likeness (QED) is 0.621. The van der Waals surface area contributed by atoms with Crippen molar-refractivity contribution in [2.75, 3.05) is 35.2 Å². The van der Waals surface area contributed by atoms with Crippen LogP contribution in [0.2, 0.25) is 0 Å². The first kappa shape index (κ1) is 22.7. The van der Waals surface area contributed by atoms with Crippen molar-refractivity contribution >= 4 is 38.2 Å². The molecule has 3 aromatic rings. The van der Waals surface area contributed by atoms with E-state index in [-0.39, 0.29) is 17.2 Å². The van der Waals surface area contributed by atoms with Gasteiger partial charge in [-0.25, -0.2) is 13.4 Å². The van der Waals surface area contributed by atoms with Gasteiger partial charge in [-0.2, -0.15) is 0 Å². The minimum absolute atomic E-state index is 0.0232. The van der Waals surface area contributed by atoms with Gasteiger partial charge in [0.25, 0.3) is 0 Å². The molecule has 2 aromatic carbocycles. The van der Waals surface area contributed by atoms with Crippen molar-refractivity contribution in [2.45, 2.75) is 44.2 Å². The standard InChI is InChI=1S/C26H30N4O3S/c1-18-8-9-22-21(14-18)23(30-11-10-26(3,17-30)28-19(2)31)15-25(27-22)29-12-13-34(32,33)24-7-5-4-6-20(24)16-29/h4-9,14-15H,10-13,16-17H2,1-3H3,(H,28,31). The summed E-state index contributed by atoms with van der Waals surface area (Å²) in [7, 11) is -3.34. The zero-order valence-corrected chi connectivity index (χ0v) is 20.7. The number of benzene rings is 2. The minimum atomic E-state index is -3.34. The van der Waals surface area contributed by atoms with Gasteiger partial charge >= 0.3 is 0 Å². The summed E-state index contributed by atoms with van der Waals surface area (Å²) in [5.74, 6) is 0.799. The number of nitrogens with zero attached hydrogens (tertiary/aromatic N) is 3. The zero-order chi connectivity index (χ0) is 24.1. The number of fused-ring (bicyclic) bond motifs is 2. The first-order chi connectivity index (χ1) is 16.1. The van der Waals surface area contributed by atoms with E-state index in [0.717, 1.165) is 46.5 Å². The summed E-state index contributed by atoms with van der Waals surface area (Å²) in [6, 6.07) is 15.6. The van der Waals surface area contributed by atoms with Crippen LogP contribution < -0.4 is 15.1 Å². The van der Waals surface area contributed by atoms with Gasteiger partial charge in [0.15, 0.2) is 9.84 Å². The van der Waals surface area contributed by atoms with Crippen molar-refractivity contribution in [2.24, 2.45) is 0 Å². The van der Waals surface area contributed by atoms with Crippen molar-refractivity contribution < 1.29 is 13.2 Å². The predicted molar refractivity (Wildman–Crippen MR) is 135 cm³/mol. The fraction of sp³-hybridized carbons (Fsp3) is 0.385. The lowest BCUT2D eigenvalue weighted by molar-refractivity contribution is -0.120. The molecule has 5 rings (SSSR count). The van der Waals surface area contributed by atoms with Gasteiger partial charge in [-0.3, -0.25) is 4.79 Å². The summed E-state index contributed by atoms with van der Waals surface area (Å²) in [6.45, 7) is 8.10. The van der Waals surface area contributed by atoms with Crippen LogP contribution in [0.3, 0.4) is 0 Å². The average molecular weight is 479 g/mol. The molecule has 1 N–H and O–H groups in total. The Bertz CT molecular complexity index is 1390. The van der Waals surface area contributed by atoms with E-state index in [0.29, 0.717) is 24.5 Å². The number of amides is 1. The van der Waals surface area contributed by atoms with Crippen LogP contribution in [0.15, 0.2) is 53.4 Å². The molecule has 0 spiro atoms. The number of aromatic nitrogens is 1. The highest BCUT2D eigenvalue weighted by Gasteiger charge is 2.35. The van der Waals surface area contributed by atoms with Crippen LogP contribution in [-0.4, -0.2) is 50.2 Å². The normalized spacial score (nSPS) is 21.9. The number of carbonyl (C=O) groups excluding carboxylic acids is 1. The molecular formula is C26H30N4O3S. The Hall–Kier alpha value is -3.13. The van der Waals surface area contributed by atoms with Crippen LogP contribution in [-0.2, 0) is 21.2 Å². The molecule has 8 heteroatoms. The molecule has 34 heavy (non-hydrogen) atoms. The second-order valence-electron chi connectivity index (χ2n) is 9.78. The summed E-state index contributed by atoms with van der Waals surface area (Å²) in [6.07, 6.45) is 0.854. The fourth-order valence-electron chi connectivity index (χ4n) is 5.18. The zero-order valence-electron chi connectivity index (χ0n) is 19.8. The van der Waals surface area contributed by atoms with Gasteiger partial charge in [0.2, 0.25) is 5.91 Å². The molecular weight excluding hydrogens is 448 g/mol. The second-order valence-corrected chi connectivity index (χ2v) is 11.9. The van der Waals surface area contributed by atoms with Gasteiger partial charge < -0.3 is 15.1 Å². The van der Waals surface area contributed by atoms with Gasteiger partial charge in [-0.1, -0.05) is 29.8 Å². The van der Waals surface area contributed by atoms with Crippen LogP contribution in [0.5, 0.6) is 0 Å². The molecule has 0 saturated carbocycles. The number of carbonyl (C=O) groups is 1. The largest absolute Gasteiger partial charge is 0.368 e. The summed E-state index contributed by atoms with van der Waals surface area (Å²) in [4.78, 5) is 21.5. The molecule has 1 unspecified atom stereocenters. The maximum atomic E-state index is 12.9. The maximum Gasteiger partial charge on any atom is 0.217 e. The first-order valence-electron chi connectivity index (χ1n) is 11.6. The molecule has 1 amide bonds. The van der Waals surface area contributed by atoms with Gasteiger partial charge in [-0.05, 0) is 44.0 Å². The van der Waals surface area contributed by atoms with Crippen molar-refractivity contribution in [1.82, 2.24) is 10.3 Å². The number of rotatable bonds is 3.